The van der Waals surface area contributed by atoms with Crippen molar-refractivity contribution in [1.29, 1.82) is 0 Å². The Kier molecular flexibility index (Phi) is 5.32. The second kappa shape index (κ2) is 7.25. The molecule has 0 unspecified atom stereocenters. The normalized spacial score (nSPS) is 21.8. The summed E-state index contributed by atoms with van der Waals surface area (Å²) >= 11 is 0. The highest BCUT2D eigenvalue weighted by Crippen LogP contribution is 2.21. The molecule has 0 amide bonds. The molecule has 4 heteroatoms. The fraction of sp³-hybridized carbons (Fsp3) is 0.857. The van der Waals surface area contributed by atoms with E-state index in [2.05, 4.69) is 16.1 Å². The quantitative estimate of drug-likeness (QED) is 0.327. The number of isocyanates is 1. The summed E-state index contributed by atoms with van der Waals surface area (Å²) < 4.78 is 1.63. The van der Waals surface area contributed by atoms with Crippen LogP contribution < -0.4 is 0 Å². The number of carbonyl (C=O) groups excluding carboxylic acids is 1. The zero-order valence-corrected chi connectivity index (χ0v) is 11.0. The summed E-state index contributed by atoms with van der Waals surface area (Å²) in [4.78, 5) is 15.0. The van der Waals surface area contributed by atoms with Gasteiger partial charge in [0.25, 0.3) is 6.08 Å². The van der Waals surface area contributed by atoms with E-state index in [4.69, 9.17) is 0 Å². The second-order valence-electron chi connectivity index (χ2n) is 5.35. The van der Waals surface area contributed by atoms with E-state index in [0.717, 1.165) is 25.7 Å². The highest BCUT2D eigenvalue weighted by atomic mass is 16.1. The molecule has 0 aliphatic heterocycles. The Morgan fingerprint density at radius 1 is 0.889 bits per heavy atom. The fourth-order valence-corrected chi connectivity index (χ4v) is 2.91. The average molecular weight is 248 g/mol. The van der Waals surface area contributed by atoms with Crippen LogP contribution in [0.15, 0.2) is 10.1 Å². The molecule has 2 saturated carbocycles. The largest absolute Gasteiger partial charge is 0.335 e. The van der Waals surface area contributed by atoms with Gasteiger partial charge in [-0.05, 0) is 56.4 Å². The van der Waals surface area contributed by atoms with E-state index >= 15 is 0 Å². The second-order valence-corrected chi connectivity index (χ2v) is 5.35. The monoisotopic (exact) mass is 248 g/mol. The van der Waals surface area contributed by atoms with Gasteiger partial charge in [0, 0.05) is 5.10 Å². The third kappa shape index (κ3) is 3.90. The summed E-state index contributed by atoms with van der Waals surface area (Å²) in [6, 6.07) is 3.67. The first-order valence-electron chi connectivity index (χ1n) is 7.22. The van der Waals surface area contributed by atoms with Gasteiger partial charge in [0.05, 0.1) is 0 Å². The molecule has 0 heterocycles. The maximum Gasteiger partial charge on any atom is 0.335 e. The highest BCUT2D eigenvalue weighted by Gasteiger charge is 2.22. The first-order chi connectivity index (χ1) is 8.90. The summed E-state index contributed by atoms with van der Waals surface area (Å²) in [5, 5.41) is 3.76. The summed E-state index contributed by atoms with van der Waals surface area (Å²) in [7, 11) is 0. The van der Waals surface area contributed by atoms with Crippen molar-refractivity contribution in [3.8, 4) is 0 Å². The Hall–Kier alpha value is -1.24. The number of aliphatic imine (C=N–C) groups is 1. The molecule has 0 radical (unpaired) electrons. The third-order valence-electron chi connectivity index (χ3n) is 3.99. The Bertz CT molecular complexity index is 367. The number of hydrazone groups is 1. The maximum absolute atomic E-state index is 10.5. The van der Waals surface area contributed by atoms with Crippen molar-refractivity contribution >= 4 is 12.1 Å². The molecular weight excluding hydrogens is 226 g/mol. The molecule has 2 rings (SSSR count). The van der Waals surface area contributed by atoms with Gasteiger partial charge in [-0.3, -0.25) is 0 Å². The molecule has 18 heavy (non-hydrogen) atoms. The first-order valence-corrected chi connectivity index (χ1v) is 7.22. The molecule has 0 bridgehead atoms. The van der Waals surface area contributed by atoms with Gasteiger partial charge < -0.3 is 0 Å². The number of hydrogen-bond donors (Lipinski definition) is 0. The zero-order valence-electron chi connectivity index (χ0n) is 11.0. The van der Waals surface area contributed by atoms with E-state index < -0.39 is 0 Å². The maximum atomic E-state index is 10.5. The Morgan fingerprint density at radius 2 is 1.50 bits per heavy atom. The van der Waals surface area contributed by atoms with Crippen LogP contribution in [0.5, 0.6) is 0 Å². The van der Waals surface area contributed by atoms with Crippen LogP contribution in [0.3, 0.4) is 0 Å². The minimum absolute atomic E-state index is 0.299. The Labute approximate surface area is 108 Å². The lowest BCUT2D eigenvalue weighted by Crippen LogP contribution is -2.24. The minimum atomic E-state index is 0.299. The molecule has 2 fully saturated rings. The minimum Gasteiger partial charge on any atom is -0.207 e. The van der Waals surface area contributed by atoms with E-state index in [1.807, 2.05) is 0 Å². The molecule has 0 saturated heterocycles. The van der Waals surface area contributed by atoms with Crippen LogP contribution in [0, 0.1) is 0 Å². The van der Waals surface area contributed by atoms with Gasteiger partial charge in [0.2, 0.25) is 0 Å². The molecule has 0 spiro atoms. The van der Waals surface area contributed by atoms with Gasteiger partial charge in [-0.25, -0.2) is 4.79 Å². The van der Waals surface area contributed by atoms with Gasteiger partial charge in [-0.1, -0.05) is 17.5 Å². The molecule has 0 atom stereocenters. The van der Waals surface area contributed by atoms with Crippen LogP contribution in [0.1, 0.15) is 64.2 Å². The van der Waals surface area contributed by atoms with E-state index in [0.29, 0.717) is 12.1 Å². The van der Waals surface area contributed by atoms with Crippen LogP contribution in [-0.4, -0.2) is 28.9 Å². The summed E-state index contributed by atoms with van der Waals surface area (Å²) in [6.45, 7) is 0. The predicted octanol–water partition coefficient (Wildman–Crippen LogP) is 3.09. The highest BCUT2D eigenvalue weighted by molar-refractivity contribution is 5.37. The molecule has 4 nitrogen and oxygen atoms in total. The van der Waals surface area contributed by atoms with Crippen molar-refractivity contribution in [1.82, 2.24) is 0 Å². The van der Waals surface area contributed by atoms with Crippen molar-refractivity contribution in [2.24, 2.45) is 10.1 Å². The van der Waals surface area contributed by atoms with E-state index in [1.165, 1.54) is 38.5 Å². The summed E-state index contributed by atoms with van der Waals surface area (Å²) in [5.74, 6) is 0. The van der Waals surface area contributed by atoms with Crippen molar-refractivity contribution < 1.29 is 9.48 Å². The van der Waals surface area contributed by atoms with Crippen LogP contribution in [0.4, 0.5) is 0 Å². The van der Waals surface area contributed by atoms with E-state index in [1.54, 1.807) is 10.8 Å². The SMILES string of the molecule is O=C=N[N+](=C=NC1CCCCC1)C1CCCCC1. The Balaban J connectivity index is 2.06. The summed E-state index contributed by atoms with van der Waals surface area (Å²) in [6.07, 6.45) is 13.6. The molecule has 2 aliphatic rings. The molecule has 0 aromatic carbocycles. The number of nitrogens with zero attached hydrogens (tertiary/aromatic N) is 3. The van der Waals surface area contributed by atoms with Crippen molar-refractivity contribution in [2.75, 3.05) is 0 Å². The van der Waals surface area contributed by atoms with Gasteiger partial charge >= 0.3 is 6.01 Å². The molecule has 0 aromatic rings. The van der Waals surface area contributed by atoms with Gasteiger partial charge in [0.15, 0.2) is 6.04 Å². The summed E-state index contributed by atoms with van der Waals surface area (Å²) in [5.41, 5.74) is 0. The van der Waals surface area contributed by atoms with Crippen LogP contribution in [0.25, 0.3) is 0 Å². The van der Waals surface area contributed by atoms with Crippen LogP contribution >= 0.6 is 0 Å². The number of rotatable bonds is 3. The topological polar surface area (TPSA) is 44.8 Å². The van der Waals surface area contributed by atoms with E-state index in [9.17, 15) is 4.79 Å². The zero-order chi connectivity index (χ0) is 12.6. The van der Waals surface area contributed by atoms with Crippen LogP contribution in [0.2, 0.25) is 0 Å². The Morgan fingerprint density at radius 3 is 2.11 bits per heavy atom. The van der Waals surface area contributed by atoms with Crippen molar-refractivity contribution in [3.63, 3.8) is 0 Å². The fourth-order valence-electron chi connectivity index (χ4n) is 2.91. The molecular formula is C14H22N3O+. The average Bonchev–Trinajstić information content (AvgIpc) is 2.45. The molecule has 0 N–H and O–H groups in total. The molecule has 0 aromatic heterocycles. The van der Waals surface area contributed by atoms with Crippen molar-refractivity contribution in [3.05, 3.63) is 0 Å². The number of hydrogen-bond acceptors (Lipinski definition) is 3. The third-order valence-corrected chi connectivity index (χ3v) is 3.99. The predicted molar refractivity (Wildman–Crippen MR) is 69.6 cm³/mol. The van der Waals surface area contributed by atoms with Crippen molar-refractivity contribution in [2.45, 2.75) is 76.3 Å². The first kappa shape index (κ1) is 13.2. The van der Waals surface area contributed by atoms with E-state index in [-0.39, 0.29) is 0 Å². The smallest absolute Gasteiger partial charge is 0.207 e. The molecule has 98 valence electrons. The lowest BCUT2D eigenvalue weighted by atomic mass is 9.96. The molecule has 2 aliphatic carbocycles. The van der Waals surface area contributed by atoms with Crippen LogP contribution in [-0.2, 0) is 4.79 Å². The van der Waals surface area contributed by atoms with Gasteiger partial charge in [-0.15, -0.1) is 0 Å². The van der Waals surface area contributed by atoms with Gasteiger partial charge in [0.1, 0.15) is 6.04 Å². The standard InChI is InChI=1S/C14H22N3O/c18-12-16-17(14-9-5-2-6-10-14)11-15-13-7-3-1-4-8-13/h13-14H,1-10H2/q+1. The van der Waals surface area contributed by atoms with Gasteiger partial charge in [-0.2, -0.15) is 0 Å². The lowest BCUT2D eigenvalue weighted by molar-refractivity contribution is -0.569. The lowest BCUT2D eigenvalue weighted by Gasteiger charge is -2.16.